The molecule has 2 amide bonds. The Morgan fingerprint density at radius 3 is 2.65 bits per heavy atom. The monoisotopic (exact) mass is 355 g/mol. The third kappa shape index (κ3) is 3.97. The Morgan fingerprint density at radius 1 is 1.17 bits per heavy atom. The second-order valence-corrected chi connectivity index (χ2v) is 6.92. The molecule has 2 fully saturated rings. The summed E-state index contributed by atoms with van der Waals surface area (Å²) in [5.74, 6) is -0.331. The van der Waals surface area contributed by atoms with Crippen LogP contribution in [0.5, 0.6) is 0 Å². The van der Waals surface area contributed by atoms with Crippen molar-refractivity contribution in [3.8, 4) is 0 Å². The fraction of sp³-hybridized carbons (Fsp3) is 0.500. The minimum Gasteiger partial charge on any atom is -0.350 e. The van der Waals surface area contributed by atoms with E-state index < -0.39 is 6.04 Å². The van der Waals surface area contributed by atoms with Gasteiger partial charge in [-0.15, -0.1) is 0 Å². The first kappa shape index (κ1) is 16.6. The lowest BCUT2D eigenvalue weighted by atomic mass is 9.87. The van der Waals surface area contributed by atoms with Crippen LogP contribution < -0.4 is 16.0 Å². The van der Waals surface area contributed by atoms with Gasteiger partial charge in [-0.3, -0.25) is 9.59 Å². The molecule has 1 aliphatic heterocycles. The highest BCUT2D eigenvalue weighted by Crippen LogP contribution is 2.25. The zero-order chi connectivity index (χ0) is 16.4. The number of hydrogen-bond acceptors (Lipinski definition) is 3. The lowest BCUT2D eigenvalue weighted by molar-refractivity contribution is -0.129. The highest BCUT2D eigenvalue weighted by atomic mass is 35.5. The molecule has 0 aromatic heterocycles. The predicted octanol–water partition coefficient (Wildman–Crippen LogP) is 2.72. The summed E-state index contributed by atoms with van der Waals surface area (Å²) in [7, 11) is 0. The van der Waals surface area contributed by atoms with Crippen LogP contribution in [-0.2, 0) is 9.59 Å². The molecule has 3 atom stereocenters. The Morgan fingerprint density at radius 2 is 1.91 bits per heavy atom. The van der Waals surface area contributed by atoms with Gasteiger partial charge in [0.1, 0.15) is 0 Å². The summed E-state index contributed by atoms with van der Waals surface area (Å²) in [4.78, 5) is 24.3. The lowest BCUT2D eigenvalue weighted by Gasteiger charge is -2.40. The van der Waals surface area contributed by atoms with Crippen LogP contribution in [0.1, 0.15) is 32.1 Å². The number of rotatable bonds is 3. The van der Waals surface area contributed by atoms with E-state index in [9.17, 15) is 9.59 Å². The second kappa shape index (κ2) is 7.07. The van der Waals surface area contributed by atoms with Gasteiger partial charge in [0.05, 0.1) is 22.5 Å². The molecule has 1 aromatic carbocycles. The molecule has 1 saturated carbocycles. The average Bonchev–Trinajstić information content (AvgIpc) is 2.51. The summed E-state index contributed by atoms with van der Waals surface area (Å²) in [6.07, 6.45) is 4.44. The van der Waals surface area contributed by atoms with Crippen LogP contribution in [0, 0.1) is 0 Å². The molecule has 0 radical (unpaired) electrons. The molecule has 7 heteroatoms. The van der Waals surface area contributed by atoms with Crippen LogP contribution in [0.15, 0.2) is 18.2 Å². The van der Waals surface area contributed by atoms with Gasteiger partial charge in [-0.1, -0.05) is 36.0 Å². The van der Waals surface area contributed by atoms with Gasteiger partial charge < -0.3 is 16.0 Å². The Hall–Kier alpha value is -1.30. The fourth-order valence-electron chi connectivity index (χ4n) is 3.24. The fourth-order valence-corrected chi connectivity index (χ4v) is 3.54. The smallest absolute Gasteiger partial charge is 0.237 e. The number of carbonyl (C=O) groups excluding carboxylic acids is 2. The zero-order valence-corrected chi connectivity index (χ0v) is 14.1. The van der Waals surface area contributed by atoms with E-state index in [-0.39, 0.29) is 30.3 Å². The van der Waals surface area contributed by atoms with Gasteiger partial charge >= 0.3 is 0 Å². The number of benzene rings is 1. The molecule has 0 spiro atoms. The first-order valence-electron chi connectivity index (χ1n) is 7.84. The Labute approximate surface area is 145 Å². The second-order valence-electron chi connectivity index (χ2n) is 6.11. The Bertz CT molecular complexity index is 623. The zero-order valence-electron chi connectivity index (χ0n) is 12.6. The molecule has 3 rings (SSSR count). The number of fused-ring (bicyclic) bond motifs is 1. The van der Waals surface area contributed by atoms with E-state index >= 15 is 0 Å². The maximum atomic E-state index is 12.2. The maximum absolute atomic E-state index is 12.2. The van der Waals surface area contributed by atoms with E-state index in [1.54, 1.807) is 18.2 Å². The van der Waals surface area contributed by atoms with Gasteiger partial charge in [0.25, 0.3) is 0 Å². The summed E-state index contributed by atoms with van der Waals surface area (Å²) >= 11 is 11.8. The van der Waals surface area contributed by atoms with E-state index in [1.807, 2.05) is 0 Å². The number of carbonyl (C=O) groups is 2. The molecule has 1 heterocycles. The summed E-state index contributed by atoms with van der Waals surface area (Å²) in [6, 6.07) is 4.87. The average molecular weight is 356 g/mol. The molecule has 23 heavy (non-hydrogen) atoms. The van der Waals surface area contributed by atoms with Crippen molar-refractivity contribution in [2.24, 2.45) is 0 Å². The summed E-state index contributed by atoms with van der Waals surface area (Å²) in [5.41, 5.74) is 0.566. The predicted molar refractivity (Wildman–Crippen MR) is 90.8 cm³/mol. The number of amides is 2. The van der Waals surface area contributed by atoms with Crippen LogP contribution in [0.4, 0.5) is 5.69 Å². The van der Waals surface area contributed by atoms with Gasteiger partial charge in [0, 0.05) is 17.8 Å². The van der Waals surface area contributed by atoms with Gasteiger partial charge in [0.2, 0.25) is 11.8 Å². The van der Waals surface area contributed by atoms with E-state index in [0.717, 1.165) is 25.7 Å². The van der Waals surface area contributed by atoms with Crippen molar-refractivity contribution in [1.82, 2.24) is 10.6 Å². The molecule has 5 nitrogen and oxygen atoms in total. The van der Waals surface area contributed by atoms with E-state index in [1.165, 1.54) is 0 Å². The SMILES string of the molecule is O=C(C[C@@H]1N[C@H]2CCCC[C@@H]2NC1=O)Nc1ccc(Cl)c(Cl)c1. The van der Waals surface area contributed by atoms with E-state index in [0.29, 0.717) is 15.7 Å². The highest BCUT2D eigenvalue weighted by Gasteiger charge is 2.36. The number of hydrogen-bond donors (Lipinski definition) is 3. The van der Waals surface area contributed by atoms with Gasteiger partial charge in [-0.25, -0.2) is 0 Å². The van der Waals surface area contributed by atoms with Crippen molar-refractivity contribution >= 4 is 40.7 Å². The Kier molecular flexibility index (Phi) is 5.09. The van der Waals surface area contributed by atoms with Crippen LogP contribution in [0.25, 0.3) is 0 Å². The van der Waals surface area contributed by atoms with Crippen molar-refractivity contribution in [3.05, 3.63) is 28.2 Å². The maximum Gasteiger partial charge on any atom is 0.237 e. The van der Waals surface area contributed by atoms with Crippen molar-refractivity contribution < 1.29 is 9.59 Å². The van der Waals surface area contributed by atoms with Crippen LogP contribution in [0.2, 0.25) is 10.0 Å². The number of nitrogens with one attached hydrogen (secondary N) is 3. The third-order valence-electron chi connectivity index (χ3n) is 4.42. The largest absolute Gasteiger partial charge is 0.350 e. The molecule has 3 N–H and O–H groups in total. The summed E-state index contributed by atoms with van der Waals surface area (Å²) in [6.45, 7) is 0. The van der Waals surface area contributed by atoms with E-state index in [2.05, 4.69) is 16.0 Å². The van der Waals surface area contributed by atoms with Gasteiger partial charge in [0.15, 0.2) is 0 Å². The Balaban J connectivity index is 1.58. The standard InChI is InChI=1S/C16H19Cl2N3O2/c17-10-6-5-9(7-11(10)18)19-15(22)8-14-16(23)21-13-4-2-1-3-12(13)20-14/h5-7,12-14,20H,1-4,8H2,(H,19,22)(H,21,23)/t12-,13-,14-/m0/s1. The highest BCUT2D eigenvalue weighted by molar-refractivity contribution is 6.42. The van der Waals surface area contributed by atoms with Crippen molar-refractivity contribution in [1.29, 1.82) is 0 Å². The molecule has 124 valence electrons. The quantitative estimate of drug-likeness (QED) is 0.780. The molecule has 1 aliphatic carbocycles. The lowest BCUT2D eigenvalue weighted by Crippen LogP contribution is -2.65. The van der Waals surface area contributed by atoms with Crippen LogP contribution in [0.3, 0.4) is 0 Å². The first-order valence-corrected chi connectivity index (χ1v) is 8.60. The molecule has 1 aromatic rings. The minimum atomic E-state index is -0.489. The number of halogens is 2. The van der Waals surface area contributed by atoms with E-state index in [4.69, 9.17) is 23.2 Å². The molecule has 2 aliphatic rings. The number of piperazine rings is 1. The van der Waals surface area contributed by atoms with Crippen molar-refractivity contribution in [2.75, 3.05) is 5.32 Å². The van der Waals surface area contributed by atoms with Crippen LogP contribution in [-0.4, -0.2) is 29.9 Å². The normalized spacial score (nSPS) is 27.0. The van der Waals surface area contributed by atoms with Crippen molar-refractivity contribution in [2.45, 2.75) is 50.2 Å². The van der Waals surface area contributed by atoms with Crippen molar-refractivity contribution in [3.63, 3.8) is 0 Å². The third-order valence-corrected chi connectivity index (χ3v) is 5.16. The molecular weight excluding hydrogens is 337 g/mol. The molecule has 0 bridgehead atoms. The molecule has 0 unspecified atom stereocenters. The minimum absolute atomic E-state index is 0.0926. The van der Waals surface area contributed by atoms with Gasteiger partial charge in [-0.05, 0) is 31.0 Å². The van der Waals surface area contributed by atoms with Crippen LogP contribution >= 0.6 is 23.2 Å². The first-order chi connectivity index (χ1) is 11.0. The summed E-state index contributed by atoms with van der Waals surface area (Å²) < 4.78 is 0. The molecule has 1 saturated heterocycles. The van der Waals surface area contributed by atoms with Gasteiger partial charge in [-0.2, -0.15) is 0 Å². The summed E-state index contributed by atoms with van der Waals surface area (Å²) in [5, 5.41) is 9.91. The molecular formula is C16H19Cl2N3O2. The number of anilines is 1. The topological polar surface area (TPSA) is 70.2 Å².